The maximum absolute atomic E-state index is 10.4. The zero-order valence-electron chi connectivity index (χ0n) is 9.18. The highest BCUT2D eigenvalue weighted by Crippen LogP contribution is 2.13. The summed E-state index contributed by atoms with van der Waals surface area (Å²) in [4.78, 5) is 14.9. The molecule has 0 fully saturated rings. The van der Waals surface area contributed by atoms with E-state index in [0.717, 1.165) is 17.0 Å². The molecule has 0 aliphatic heterocycles. The van der Waals surface area contributed by atoms with Gasteiger partial charge in [0.1, 0.15) is 5.82 Å². The number of imidazole rings is 1. The monoisotopic (exact) mass is 218 g/mol. The average Bonchev–Trinajstić information content (AvgIpc) is 2.57. The van der Waals surface area contributed by atoms with Gasteiger partial charge in [0.15, 0.2) is 0 Å². The van der Waals surface area contributed by atoms with Crippen molar-refractivity contribution in [2.24, 2.45) is 0 Å². The van der Waals surface area contributed by atoms with Gasteiger partial charge in [-0.1, -0.05) is 6.07 Å². The first-order valence-corrected chi connectivity index (χ1v) is 5.33. The van der Waals surface area contributed by atoms with E-state index in [1.165, 1.54) is 0 Å². The van der Waals surface area contributed by atoms with Gasteiger partial charge in [-0.05, 0) is 25.5 Å². The lowest BCUT2D eigenvalue weighted by molar-refractivity contribution is -0.137. The Kier molecular flexibility index (Phi) is 2.90. The predicted molar refractivity (Wildman–Crippen MR) is 60.5 cm³/mol. The van der Waals surface area contributed by atoms with Crippen molar-refractivity contribution >= 4 is 11.5 Å². The molecule has 0 aliphatic carbocycles. The molecule has 0 radical (unpaired) electrons. The lowest BCUT2D eigenvalue weighted by atomic mass is 10.2. The Morgan fingerprint density at radius 1 is 1.50 bits per heavy atom. The van der Waals surface area contributed by atoms with Crippen LogP contribution < -0.4 is 0 Å². The number of carbonyl (C=O) groups is 1. The van der Waals surface area contributed by atoms with Crippen LogP contribution in [0.15, 0.2) is 24.4 Å². The topological polar surface area (TPSA) is 54.6 Å². The SMILES string of the molecule is Cc1nc(CCCC(=O)O)n2ccccc12. The maximum Gasteiger partial charge on any atom is 0.303 e. The summed E-state index contributed by atoms with van der Waals surface area (Å²) in [5.41, 5.74) is 2.08. The highest BCUT2D eigenvalue weighted by atomic mass is 16.4. The Hall–Kier alpha value is -1.84. The predicted octanol–water partition coefficient (Wildman–Crippen LogP) is 2.05. The van der Waals surface area contributed by atoms with Crippen molar-refractivity contribution in [1.29, 1.82) is 0 Å². The summed E-state index contributed by atoms with van der Waals surface area (Å²) in [6, 6.07) is 5.95. The van der Waals surface area contributed by atoms with Gasteiger partial charge in [-0.2, -0.15) is 0 Å². The second-order valence-electron chi connectivity index (χ2n) is 3.82. The molecule has 2 rings (SSSR count). The van der Waals surface area contributed by atoms with Gasteiger partial charge in [0.25, 0.3) is 0 Å². The highest BCUT2D eigenvalue weighted by Gasteiger charge is 2.07. The third kappa shape index (κ3) is 2.05. The number of aryl methyl sites for hydroxylation is 2. The van der Waals surface area contributed by atoms with Gasteiger partial charge in [-0.15, -0.1) is 0 Å². The normalized spacial score (nSPS) is 10.8. The van der Waals surface area contributed by atoms with Gasteiger partial charge in [-0.3, -0.25) is 4.79 Å². The zero-order chi connectivity index (χ0) is 11.5. The van der Waals surface area contributed by atoms with E-state index in [0.29, 0.717) is 12.8 Å². The van der Waals surface area contributed by atoms with Crippen molar-refractivity contribution in [3.63, 3.8) is 0 Å². The molecule has 0 unspecified atom stereocenters. The number of hydrogen-bond acceptors (Lipinski definition) is 2. The van der Waals surface area contributed by atoms with Gasteiger partial charge in [0.05, 0.1) is 11.2 Å². The Morgan fingerprint density at radius 3 is 3.06 bits per heavy atom. The molecule has 4 nitrogen and oxygen atoms in total. The Balaban J connectivity index is 2.21. The number of hydrogen-bond donors (Lipinski definition) is 1. The third-order valence-electron chi connectivity index (χ3n) is 2.60. The van der Waals surface area contributed by atoms with Crippen molar-refractivity contribution < 1.29 is 9.90 Å². The Labute approximate surface area is 93.5 Å². The van der Waals surface area contributed by atoms with Gasteiger partial charge in [0.2, 0.25) is 0 Å². The highest BCUT2D eigenvalue weighted by molar-refractivity contribution is 5.66. The Bertz CT molecular complexity index is 517. The molecule has 1 N–H and O–H groups in total. The molecule has 0 bridgehead atoms. The molecule has 0 amide bonds. The number of nitrogens with zero attached hydrogens (tertiary/aromatic N) is 2. The van der Waals surface area contributed by atoms with Crippen LogP contribution in [0.3, 0.4) is 0 Å². The quantitative estimate of drug-likeness (QED) is 0.854. The number of pyridine rings is 1. The van der Waals surface area contributed by atoms with E-state index in [1.54, 1.807) is 0 Å². The molecule has 0 aliphatic rings. The smallest absolute Gasteiger partial charge is 0.303 e. The van der Waals surface area contributed by atoms with E-state index in [4.69, 9.17) is 5.11 Å². The van der Waals surface area contributed by atoms with Gasteiger partial charge < -0.3 is 9.51 Å². The fraction of sp³-hybridized carbons (Fsp3) is 0.333. The first-order valence-electron chi connectivity index (χ1n) is 5.33. The van der Waals surface area contributed by atoms with Crippen molar-refractivity contribution in [3.8, 4) is 0 Å². The number of carboxylic acid groups (broad SMARTS) is 1. The summed E-state index contributed by atoms with van der Waals surface area (Å²) >= 11 is 0. The summed E-state index contributed by atoms with van der Waals surface area (Å²) in [5.74, 6) is 0.187. The molecule has 0 saturated carbocycles. The summed E-state index contributed by atoms with van der Waals surface area (Å²) in [6.07, 6.45) is 3.49. The molecule has 0 aromatic carbocycles. The van der Waals surface area contributed by atoms with E-state index >= 15 is 0 Å². The van der Waals surface area contributed by atoms with E-state index in [2.05, 4.69) is 4.98 Å². The number of rotatable bonds is 4. The number of fused-ring (bicyclic) bond motifs is 1. The standard InChI is InChI=1S/C12H14N2O2/c1-9-10-5-2-3-8-14(10)11(13-9)6-4-7-12(15)16/h2-3,5,8H,4,6-7H2,1H3,(H,15,16). The maximum atomic E-state index is 10.4. The summed E-state index contributed by atoms with van der Waals surface area (Å²) in [7, 11) is 0. The second-order valence-corrected chi connectivity index (χ2v) is 3.82. The van der Waals surface area contributed by atoms with Crippen molar-refractivity contribution in [2.75, 3.05) is 0 Å². The molecular weight excluding hydrogens is 204 g/mol. The minimum atomic E-state index is -0.752. The Morgan fingerprint density at radius 2 is 2.31 bits per heavy atom. The molecule has 0 saturated heterocycles. The van der Waals surface area contributed by atoms with Crippen molar-refractivity contribution in [2.45, 2.75) is 26.2 Å². The molecule has 0 spiro atoms. The van der Waals surface area contributed by atoms with E-state index in [1.807, 2.05) is 35.7 Å². The molecule has 16 heavy (non-hydrogen) atoms. The molecular formula is C12H14N2O2. The summed E-state index contributed by atoms with van der Waals surface area (Å²) in [5, 5.41) is 8.58. The minimum absolute atomic E-state index is 0.195. The van der Waals surface area contributed by atoms with Crippen LogP contribution in [0.2, 0.25) is 0 Å². The fourth-order valence-electron chi connectivity index (χ4n) is 1.84. The molecule has 2 aromatic heterocycles. The lowest BCUT2D eigenvalue weighted by Gasteiger charge is -1.99. The first-order chi connectivity index (χ1) is 7.68. The van der Waals surface area contributed by atoms with Gasteiger partial charge in [0, 0.05) is 19.0 Å². The van der Waals surface area contributed by atoms with Crippen LogP contribution in [-0.4, -0.2) is 20.5 Å². The fourth-order valence-corrected chi connectivity index (χ4v) is 1.84. The summed E-state index contributed by atoms with van der Waals surface area (Å²) in [6.45, 7) is 1.97. The summed E-state index contributed by atoms with van der Waals surface area (Å²) < 4.78 is 2.02. The van der Waals surface area contributed by atoms with Crippen LogP contribution in [-0.2, 0) is 11.2 Å². The molecule has 0 atom stereocenters. The number of aliphatic carboxylic acids is 1. The molecule has 84 valence electrons. The third-order valence-corrected chi connectivity index (χ3v) is 2.60. The molecule has 4 heteroatoms. The van der Waals surface area contributed by atoms with Crippen LogP contribution >= 0.6 is 0 Å². The van der Waals surface area contributed by atoms with Crippen molar-refractivity contribution in [3.05, 3.63) is 35.9 Å². The first kappa shape index (κ1) is 10.7. The van der Waals surface area contributed by atoms with E-state index in [9.17, 15) is 4.79 Å². The van der Waals surface area contributed by atoms with Crippen LogP contribution in [0.1, 0.15) is 24.4 Å². The van der Waals surface area contributed by atoms with Gasteiger partial charge >= 0.3 is 5.97 Å². The van der Waals surface area contributed by atoms with E-state index in [-0.39, 0.29) is 6.42 Å². The average molecular weight is 218 g/mol. The van der Waals surface area contributed by atoms with Crippen LogP contribution in [0.4, 0.5) is 0 Å². The zero-order valence-corrected chi connectivity index (χ0v) is 9.18. The lowest BCUT2D eigenvalue weighted by Crippen LogP contribution is -1.99. The van der Waals surface area contributed by atoms with Gasteiger partial charge in [-0.25, -0.2) is 4.98 Å². The number of aromatic nitrogens is 2. The number of carboxylic acids is 1. The van der Waals surface area contributed by atoms with Crippen LogP contribution in [0.5, 0.6) is 0 Å². The molecule has 2 aromatic rings. The van der Waals surface area contributed by atoms with E-state index < -0.39 is 5.97 Å². The largest absolute Gasteiger partial charge is 0.481 e. The van der Waals surface area contributed by atoms with Crippen LogP contribution in [0, 0.1) is 6.92 Å². The molecule has 2 heterocycles. The van der Waals surface area contributed by atoms with Crippen LogP contribution in [0.25, 0.3) is 5.52 Å². The minimum Gasteiger partial charge on any atom is -0.481 e. The second kappa shape index (κ2) is 4.35. The van der Waals surface area contributed by atoms with Crippen molar-refractivity contribution in [1.82, 2.24) is 9.38 Å².